The first kappa shape index (κ1) is 30.8. The molecule has 3 unspecified atom stereocenters. The summed E-state index contributed by atoms with van der Waals surface area (Å²) < 4.78 is 5.13. The van der Waals surface area contributed by atoms with Crippen molar-refractivity contribution in [2.75, 3.05) is 9.80 Å². The van der Waals surface area contributed by atoms with Gasteiger partial charge in [-0.05, 0) is 100 Å². The molecule has 2 aliphatic carbocycles. The first-order chi connectivity index (χ1) is 27.7. The first-order valence-corrected chi connectivity index (χ1v) is 20.6. The van der Waals surface area contributed by atoms with Crippen molar-refractivity contribution in [3.63, 3.8) is 0 Å². The standard InChI is InChI=1S/C52H36N3S/c1-31-40-28-32-12-2-3-13-35(32)38-16-10-22-47(51(31)38)53(43-18-6-5-15-37(40)43)33-24-26-49-41(29-33)42-30-34(25-27-50(42)56-49)54-45-20-8-9-21-46(45)55-44-19-7-4-14-36(44)39-17-11-23-48(54)52(39)55/h2-27,29-31,40,52H,28H2,1H3/q+1. The predicted molar refractivity (Wildman–Crippen MR) is 237 cm³/mol. The summed E-state index contributed by atoms with van der Waals surface area (Å²) in [6.45, 7) is 2.46. The van der Waals surface area contributed by atoms with Crippen LogP contribution >= 0.6 is 11.3 Å². The maximum atomic E-state index is 2.56. The van der Waals surface area contributed by atoms with Crippen molar-refractivity contribution >= 4 is 82.6 Å². The number of hydrogen-bond donors (Lipinski definition) is 0. The number of fused-ring (bicyclic) bond motifs is 13. The van der Waals surface area contributed by atoms with Gasteiger partial charge in [0.15, 0.2) is 0 Å². The molecule has 3 nitrogen and oxygen atoms in total. The highest BCUT2D eigenvalue weighted by molar-refractivity contribution is 7.25. The van der Waals surface area contributed by atoms with E-state index in [1.807, 2.05) is 11.3 Å². The first-order valence-electron chi connectivity index (χ1n) is 19.8. The summed E-state index contributed by atoms with van der Waals surface area (Å²) in [6, 6.07) is 57.4. The third-order valence-corrected chi connectivity index (χ3v) is 14.3. The zero-order valence-corrected chi connectivity index (χ0v) is 31.7. The average molecular weight is 735 g/mol. The van der Waals surface area contributed by atoms with Crippen molar-refractivity contribution in [1.82, 2.24) is 4.58 Å². The molecule has 5 aliphatic rings. The Morgan fingerprint density at radius 1 is 0.625 bits per heavy atom. The highest BCUT2D eigenvalue weighted by Gasteiger charge is 2.48. The van der Waals surface area contributed by atoms with Crippen molar-refractivity contribution in [1.29, 1.82) is 0 Å². The summed E-state index contributed by atoms with van der Waals surface area (Å²) in [5.74, 6) is 0.747. The molecule has 0 saturated heterocycles. The highest BCUT2D eigenvalue weighted by Crippen LogP contribution is 2.57. The highest BCUT2D eigenvalue weighted by atomic mass is 32.1. The van der Waals surface area contributed by atoms with Crippen LogP contribution in [0.25, 0.3) is 36.9 Å². The second-order valence-electron chi connectivity index (χ2n) is 15.9. The Hall–Kier alpha value is -6.49. The van der Waals surface area contributed by atoms with Crippen LogP contribution in [0.4, 0.5) is 39.8 Å². The molecule has 7 aromatic carbocycles. The van der Waals surface area contributed by atoms with Crippen molar-refractivity contribution in [2.45, 2.75) is 31.2 Å². The number of para-hydroxylation sites is 4. The molecule has 13 rings (SSSR count). The number of anilines is 5. The molecule has 3 aliphatic heterocycles. The van der Waals surface area contributed by atoms with E-state index in [1.165, 1.54) is 105 Å². The fourth-order valence-corrected chi connectivity index (χ4v) is 11.8. The third-order valence-electron chi connectivity index (χ3n) is 13.2. The molecule has 2 bridgehead atoms. The monoisotopic (exact) mass is 734 g/mol. The van der Waals surface area contributed by atoms with Gasteiger partial charge in [0.25, 0.3) is 0 Å². The largest absolute Gasteiger partial charge is 0.318 e. The number of thiophene rings is 1. The maximum Gasteiger partial charge on any atom is 0.235 e. The van der Waals surface area contributed by atoms with Crippen molar-refractivity contribution < 1.29 is 0 Å². The van der Waals surface area contributed by atoms with Gasteiger partial charge >= 0.3 is 0 Å². The van der Waals surface area contributed by atoms with Gasteiger partial charge in [-0.1, -0.05) is 104 Å². The Kier molecular flexibility index (Phi) is 6.20. The van der Waals surface area contributed by atoms with Crippen molar-refractivity contribution in [3.05, 3.63) is 192 Å². The average Bonchev–Trinajstić information content (AvgIpc) is 3.72. The van der Waals surface area contributed by atoms with Crippen LogP contribution in [0.15, 0.2) is 170 Å². The van der Waals surface area contributed by atoms with Crippen LogP contribution in [0, 0.1) is 0 Å². The molecule has 0 spiro atoms. The Morgan fingerprint density at radius 2 is 1.34 bits per heavy atom. The minimum atomic E-state index is 0.131. The summed E-state index contributed by atoms with van der Waals surface area (Å²) in [7, 11) is 0. The fraction of sp³-hybridized carbons (Fsp3) is 0.0962. The molecule has 0 saturated carbocycles. The van der Waals surface area contributed by atoms with Crippen LogP contribution in [0.3, 0.4) is 0 Å². The van der Waals surface area contributed by atoms with Crippen molar-refractivity contribution in [3.8, 4) is 11.1 Å². The summed E-state index contributed by atoms with van der Waals surface area (Å²) in [6.07, 6.45) is 7.89. The molecule has 8 aromatic rings. The summed E-state index contributed by atoms with van der Waals surface area (Å²) in [5, 5.41) is 2.60. The minimum Gasteiger partial charge on any atom is -0.318 e. The van der Waals surface area contributed by atoms with Crippen LogP contribution < -0.4 is 14.4 Å². The van der Waals surface area contributed by atoms with Gasteiger partial charge in [0.2, 0.25) is 17.1 Å². The molecule has 0 amide bonds. The Morgan fingerprint density at radius 3 is 2.25 bits per heavy atom. The molecule has 0 radical (unpaired) electrons. The Balaban J connectivity index is 1.02. The predicted octanol–water partition coefficient (Wildman–Crippen LogP) is 13.7. The molecule has 4 heteroatoms. The zero-order chi connectivity index (χ0) is 36.6. The lowest BCUT2D eigenvalue weighted by molar-refractivity contribution is 0.585. The van der Waals surface area contributed by atoms with Crippen LogP contribution in [-0.4, -0.2) is 11.8 Å². The van der Waals surface area contributed by atoms with E-state index in [0.717, 1.165) is 6.42 Å². The van der Waals surface area contributed by atoms with E-state index < -0.39 is 0 Å². The van der Waals surface area contributed by atoms with E-state index in [4.69, 9.17) is 0 Å². The van der Waals surface area contributed by atoms with Crippen LogP contribution in [-0.2, 0) is 6.42 Å². The zero-order valence-electron chi connectivity index (χ0n) is 30.9. The molecule has 4 heterocycles. The van der Waals surface area contributed by atoms with Crippen LogP contribution in [0.1, 0.15) is 41.0 Å². The molecule has 1 aromatic heterocycles. The smallest absolute Gasteiger partial charge is 0.235 e. The normalized spacial score (nSPS) is 19.5. The molecule has 0 N–H and O–H groups in total. The second-order valence-corrected chi connectivity index (χ2v) is 17.0. The second kappa shape index (κ2) is 11.3. The molecular formula is C52H36N3S+. The van der Waals surface area contributed by atoms with Gasteiger partial charge in [0.05, 0.1) is 11.4 Å². The van der Waals surface area contributed by atoms with E-state index in [0.29, 0.717) is 11.8 Å². The Labute approximate surface area is 330 Å². The van der Waals surface area contributed by atoms with Crippen LogP contribution in [0.5, 0.6) is 0 Å². The molecule has 3 atom stereocenters. The number of benzene rings is 7. The number of nitrogens with zero attached hydrogens (tertiary/aromatic N) is 3. The van der Waals surface area contributed by atoms with Gasteiger partial charge in [-0.15, -0.1) is 11.3 Å². The molecule has 0 fully saturated rings. The number of allylic oxidation sites excluding steroid dienone is 2. The van der Waals surface area contributed by atoms with Gasteiger partial charge in [-0.25, -0.2) is 0 Å². The maximum absolute atomic E-state index is 2.56. The van der Waals surface area contributed by atoms with E-state index >= 15 is 0 Å². The number of rotatable bonds is 2. The lowest BCUT2D eigenvalue weighted by atomic mass is 9.80. The van der Waals surface area contributed by atoms with Gasteiger partial charge in [-0.2, -0.15) is 4.58 Å². The van der Waals surface area contributed by atoms with Gasteiger partial charge in [0.1, 0.15) is 11.7 Å². The quantitative estimate of drug-likeness (QED) is 0.164. The van der Waals surface area contributed by atoms with Crippen LogP contribution in [0.2, 0.25) is 0 Å². The summed E-state index contributed by atoms with van der Waals surface area (Å²) in [4.78, 5) is 5.11. The molecule has 264 valence electrons. The van der Waals surface area contributed by atoms with E-state index in [2.05, 4.69) is 191 Å². The van der Waals surface area contributed by atoms with E-state index in [-0.39, 0.29) is 6.04 Å². The topological polar surface area (TPSA) is 9.49 Å². The lowest BCUT2D eigenvalue weighted by Gasteiger charge is -2.32. The van der Waals surface area contributed by atoms with Gasteiger partial charge in [0, 0.05) is 61.4 Å². The summed E-state index contributed by atoms with van der Waals surface area (Å²) >= 11 is 1.89. The lowest BCUT2D eigenvalue weighted by Crippen LogP contribution is -2.43. The number of hydrogen-bond acceptors (Lipinski definition) is 3. The van der Waals surface area contributed by atoms with Crippen molar-refractivity contribution in [2.24, 2.45) is 0 Å². The minimum absolute atomic E-state index is 0.131. The molecular weight excluding hydrogens is 699 g/mol. The summed E-state index contributed by atoms with van der Waals surface area (Å²) in [5.41, 5.74) is 19.8. The fourth-order valence-electron chi connectivity index (χ4n) is 10.8. The van der Waals surface area contributed by atoms with E-state index in [1.54, 1.807) is 0 Å². The SMILES string of the molecule is CC1c2c3cccc2N(c2ccc4sc5ccc([N+]6=C7C=CC=C8c9ccccc9N(c9ccccc96)C87)cc5c4c2)c2ccccc2C1Cc1ccccc1-3. The van der Waals surface area contributed by atoms with E-state index in [9.17, 15) is 0 Å². The van der Waals surface area contributed by atoms with Gasteiger partial charge < -0.3 is 9.80 Å². The van der Waals surface area contributed by atoms with Gasteiger partial charge in [-0.3, -0.25) is 0 Å². The Bertz CT molecular complexity index is 3120. The molecule has 56 heavy (non-hydrogen) atoms. The third kappa shape index (κ3) is 4.04.